The molecule has 0 heterocycles. The quantitative estimate of drug-likeness (QED) is 0.259. The molecule has 0 saturated carbocycles. The fraction of sp³-hybridized carbons (Fsp3) is 0.208. The second-order valence-electron chi connectivity index (χ2n) is 6.85. The summed E-state index contributed by atoms with van der Waals surface area (Å²) in [6, 6.07) is 15.9. The highest BCUT2D eigenvalue weighted by atomic mass is 16.5. The molecule has 152 valence electrons. The van der Waals surface area contributed by atoms with Crippen molar-refractivity contribution in [3.8, 4) is 5.75 Å². The Morgan fingerprint density at radius 1 is 1.10 bits per heavy atom. The van der Waals surface area contributed by atoms with Crippen molar-refractivity contribution >= 4 is 11.5 Å². The molecule has 0 aliphatic heterocycles. The van der Waals surface area contributed by atoms with E-state index in [1.54, 1.807) is 13.0 Å². The Labute approximate surface area is 173 Å². The topological polar surface area (TPSA) is 83.2 Å². The minimum Gasteiger partial charge on any atom is -0.442 e. The molecule has 2 aromatic carbocycles. The van der Waals surface area contributed by atoms with Crippen molar-refractivity contribution in [2.45, 2.75) is 33.1 Å². The van der Waals surface area contributed by atoms with Crippen molar-refractivity contribution < 1.29 is 4.74 Å². The highest BCUT2D eigenvalue weighted by molar-refractivity contribution is 5.81. The molecule has 0 aliphatic rings. The summed E-state index contributed by atoms with van der Waals surface area (Å²) in [6.07, 6.45) is 3.78. The van der Waals surface area contributed by atoms with E-state index in [1.807, 2.05) is 24.3 Å². The summed E-state index contributed by atoms with van der Waals surface area (Å²) in [7, 11) is 0. The van der Waals surface area contributed by atoms with Gasteiger partial charge in [-0.2, -0.15) is 0 Å². The molecular weight excluding hydrogens is 360 g/mol. The van der Waals surface area contributed by atoms with Gasteiger partial charge in [0.05, 0.1) is 0 Å². The lowest BCUT2D eigenvalue weighted by Gasteiger charge is -2.13. The van der Waals surface area contributed by atoms with Crippen LogP contribution in [0.3, 0.4) is 0 Å². The van der Waals surface area contributed by atoms with Gasteiger partial charge in [0, 0.05) is 29.9 Å². The molecule has 0 atom stereocenters. The first kappa shape index (κ1) is 21.8. The zero-order chi connectivity index (χ0) is 21.2. The van der Waals surface area contributed by atoms with Crippen LogP contribution < -0.4 is 21.1 Å². The third-order valence-electron chi connectivity index (χ3n) is 4.19. The van der Waals surface area contributed by atoms with Gasteiger partial charge in [0.1, 0.15) is 11.6 Å². The summed E-state index contributed by atoms with van der Waals surface area (Å²) in [6.45, 7) is 11.8. The van der Waals surface area contributed by atoms with Crippen LogP contribution >= 0.6 is 0 Å². The number of hydrogen-bond donors (Lipinski definition) is 4. The summed E-state index contributed by atoms with van der Waals surface area (Å²) in [5.41, 5.74) is 11.1. The fourth-order valence-electron chi connectivity index (χ4n) is 2.85. The second kappa shape index (κ2) is 10.8. The van der Waals surface area contributed by atoms with E-state index in [4.69, 9.17) is 15.9 Å². The molecule has 29 heavy (non-hydrogen) atoms. The molecule has 0 unspecified atom stereocenters. The van der Waals surface area contributed by atoms with E-state index < -0.39 is 0 Å². The monoisotopic (exact) mass is 390 g/mol. The fourth-order valence-corrected chi connectivity index (χ4v) is 2.85. The van der Waals surface area contributed by atoms with Crippen LogP contribution in [0.15, 0.2) is 85.0 Å². The van der Waals surface area contributed by atoms with Crippen LogP contribution in [-0.2, 0) is 12.8 Å². The number of ether oxygens (including phenoxy) is 1. The number of allylic oxidation sites excluding steroid dienone is 2. The van der Waals surface area contributed by atoms with Crippen molar-refractivity contribution in [2.24, 2.45) is 5.73 Å². The maximum Gasteiger partial charge on any atom is 0.187 e. The molecule has 5 nitrogen and oxygen atoms in total. The first-order valence-corrected chi connectivity index (χ1v) is 9.62. The van der Waals surface area contributed by atoms with Crippen molar-refractivity contribution in [2.75, 3.05) is 5.32 Å². The third kappa shape index (κ3) is 7.58. The Morgan fingerprint density at radius 2 is 1.76 bits per heavy atom. The van der Waals surface area contributed by atoms with Gasteiger partial charge in [0.2, 0.25) is 0 Å². The number of anilines is 1. The lowest BCUT2D eigenvalue weighted by Crippen LogP contribution is -2.19. The number of aryl methyl sites for hydroxylation is 1. The SMILES string of the molecule is C=C(C)NC(=N)C/C=C(\N)Oc1ccc(NC(=C)Cc2ccccc2CC)cc1. The standard InChI is InChI=1S/C24H30N4O/c1-5-19-8-6-7-9-20(19)16-18(4)28-21-10-12-22(13-11-21)29-24(26)15-14-23(25)27-17(2)3/h6-13,15,28H,2,4-5,14,16,26H2,1,3H3,(H2,25,27)/b24-15+. The Morgan fingerprint density at radius 3 is 2.38 bits per heavy atom. The Balaban J connectivity index is 1.88. The number of nitrogens with two attached hydrogens (primary N) is 1. The number of rotatable bonds is 10. The maximum absolute atomic E-state index is 7.75. The first-order valence-electron chi connectivity index (χ1n) is 9.62. The molecule has 0 radical (unpaired) electrons. The number of hydrogen-bond acceptors (Lipinski definition) is 4. The minimum absolute atomic E-state index is 0.250. The Bertz CT molecular complexity index is 897. The molecule has 0 saturated heterocycles. The lowest BCUT2D eigenvalue weighted by molar-refractivity contribution is 0.418. The van der Waals surface area contributed by atoms with Gasteiger partial charge in [0.25, 0.3) is 0 Å². The molecule has 2 rings (SSSR count). The average molecular weight is 391 g/mol. The zero-order valence-corrected chi connectivity index (χ0v) is 17.2. The van der Waals surface area contributed by atoms with Crippen LogP contribution in [0.1, 0.15) is 31.4 Å². The highest BCUT2D eigenvalue weighted by Crippen LogP contribution is 2.20. The van der Waals surface area contributed by atoms with Crippen molar-refractivity contribution in [1.29, 1.82) is 5.41 Å². The van der Waals surface area contributed by atoms with Gasteiger partial charge in [-0.15, -0.1) is 0 Å². The summed E-state index contributed by atoms with van der Waals surface area (Å²) >= 11 is 0. The molecule has 2 aromatic rings. The second-order valence-corrected chi connectivity index (χ2v) is 6.85. The van der Waals surface area contributed by atoms with Gasteiger partial charge < -0.3 is 21.1 Å². The summed E-state index contributed by atoms with van der Waals surface area (Å²) in [4.78, 5) is 0. The minimum atomic E-state index is 0.250. The van der Waals surface area contributed by atoms with Crippen LogP contribution in [0.25, 0.3) is 0 Å². The number of benzene rings is 2. The zero-order valence-electron chi connectivity index (χ0n) is 17.2. The summed E-state index contributed by atoms with van der Waals surface area (Å²) < 4.78 is 5.60. The van der Waals surface area contributed by atoms with Crippen molar-refractivity contribution in [3.05, 3.63) is 96.2 Å². The largest absolute Gasteiger partial charge is 0.442 e. The van der Waals surface area contributed by atoms with Crippen LogP contribution in [0.4, 0.5) is 5.69 Å². The van der Waals surface area contributed by atoms with Gasteiger partial charge in [-0.3, -0.25) is 5.41 Å². The van der Waals surface area contributed by atoms with Crippen molar-refractivity contribution in [1.82, 2.24) is 5.32 Å². The predicted molar refractivity (Wildman–Crippen MR) is 122 cm³/mol. The van der Waals surface area contributed by atoms with E-state index in [0.29, 0.717) is 23.7 Å². The lowest BCUT2D eigenvalue weighted by atomic mass is 10.0. The van der Waals surface area contributed by atoms with E-state index in [-0.39, 0.29) is 5.88 Å². The van der Waals surface area contributed by atoms with Gasteiger partial charge in [0.15, 0.2) is 5.88 Å². The number of amidine groups is 1. The highest BCUT2D eigenvalue weighted by Gasteiger charge is 2.04. The van der Waals surface area contributed by atoms with Gasteiger partial charge in [-0.25, -0.2) is 0 Å². The molecule has 0 fully saturated rings. The first-order chi connectivity index (χ1) is 13.9. The molecule has 0 aromatic heterocycles. The molecular formula is C24H30N4O. The van der Waals surface area contributed by atoms with Gasteiger partial charge >= 0.3 is 0 Å². The Kier molecular flexibility index (Phi) is 8.10. The van der Waals surface area contributed by atoms with E-state index >= 15 is 0 Å². The Hall–Kier alpha value is -3.47. The molecule has 5 N–H and O–H groups in total. The normalized spacial score (nSPS) is 10.9. The van der Waals surface area contributed by atoms with E-state index in [2.05, 4.69) is 55.0 Å². The summed E-state index contributed by atoms with van der Waals surface area (Å²) in [5, 5.41) is 13.9. The predicted octanol–water partition coefficient (Wildman–Crippen LogP) is 5.09. The van der Waals surface area contributed by atoms with E-state index in [0.717, 1.165) is 24.2 Å². The van der Waals surface area contributed by atoms with Crippen LogP contribution in [0, 0.1) is 5.41 Å². The molecule has 0 bridgehead atoms. The smallest absolute Gasteiger partial charge is 0.187 e. The summed E-state index contributed by atoms with van der Waals surface area (Å²) in [5.74, 6) is 1.19. The number of nitrogens with one attached hydrogen (secondary N) is 3. The molecule has 5 heteroatoms. The maximum atomic E-state index is 7.75. The van der Waals surface area contributed by atoms with Crippen LogP contribution in [0.2, 0.25) is 0 Å². The van der Waals surface area contributed by atoms with Crippen LogP contribution in [-0.4, -0.2) is 5.84 Å². The third-order valence-corrected chi connectivity index (χ3v) is 4.19. The van der Waals surface area contributed by atoms with Gasteiger partial charge in [-0.1, -0.05) is 44.3 Å². The molecule has 0 amide bonds. The van der Waals surface area contributed by atoms with Gasteiger partial charge in [-0.05, 0) is 54.8 Å². The van der Waals surface area contributed by atoms with Crippen molar-refractivity contribution in [3.63, 3.8) is 0 Å². The van der Waals surface area contributed by atoms with Crippen LogP contribution in [0.5, 0.6) is 5.75 Å². The molecule has 0 aliphatic carbocycles. The molecule has 0 spiro atoms. The van der Waals surface area contributed by atoms with E-state index in [1.165, 1.54) is 11.1 Å². The van der Waals surface area contributed by atoms with E-state index in [9.17, 15) is 0 Å². The average Bonchev–Trinajstić information content (AvgIpc) is 2.68.